The Bertz CT molecular complexity index is 954. The SMILES string of the molecule is C[C@]12CC[C@@H]3c4ccc(OC[n+]5coc(N)n5)cc4CC[C@H]3[C@@H]1CCC21OCCO1. The van der Waals surface area contributed by atoms with E-state index < -0.39 is 0 Å². The van der Waals surface area contributed by atoms with Crippen molar-refractivity contribution in [2.24, 2.45) is 17.3 Å². The topological polar surface area (TPSA) is 83.6 Å². The number of aromatic nitrogens is 2. The second-order valence-electron chi connectivity index (χ2n) is 9.60. The lowest BCUT2D eigenvalue weighted by Crippen LogP contribution is -2.51. The van der Waals surface area contributed by atoms with Crippen molar-refractivity contribution in [2.75, 3.05) is 18.9 Å². The van der Waals surface area contributed by atoms with E-state index in [4.69, 9.17) is 24.4 Å². The molecule has 3 fully saturated rings. The first-order chi connectivity index (χ1) is 14.6. The lowest BCUT2D eigenvalue weighted by Gasteiger charge is -2.52. The van der Waals surface area contributed by atoms with Crippen LogP contribution in [0.2, 0.25) is 0 Å². The van der Waals surface area contributed by atoms with Gasteiger partial charge in [-0.15, -0.1) is 0 Å². The Balaban J connectivity index is 1.21. The number of fused-ring (bicyclic) bond motifs is 6. The summed E-state index contributed by atoms with van der Waals surface area (Å²) in [5, 5.41) is 4.02. The third-order valence-electron chi connectivity index (χ3n) is 8.38. The molecule has 6 rings (SSSR count). The molecule has 2 aromatic rings. The molecular formula is C23H30N3O4+. The van der Waals surface area contributed by atoms with Crippen LogP contribution in [0.5, 0.6) is 5.75 Å². The average molecular weight is 413 g/mol. The van der Waals surface area contributed by atoms with E-state index in [0.29, 0.717) is 11.8 Å². The monoisotopic (exact) mass is 412 g/mol. The van der Waals surface area contributed by atoms with Gasteiger partial charge < -0.3 is 24.4 Å². The van der Waals surface area contributed by atoms with Crippen LogP contribution in [0.15, 0.2) is 29.0 Å². The summed E-state index contributed by atoms with van der Waals surface area (Å²) < 4.78 is 25.0. The number of benzene rings is 1. The van der Waals surface area contributed by atoms with E-state index in [2.05, 4.69) is 30.2 Å². The van der Waals surface area contributed by atoms with E-state index in [-0.39, 0.29) is 23.9 Å². The lowest BCUT2D eigenvalue weighted by molar-refractivity contribution is -0.777. The molecule has 2 heterocycles. The fourth-order valence-electron chi connectivity index (χ4n) is 7.02. The van der Waals surface area contributed by atoms with Gasteiger partial charge in [-0.25, -0.2) is 0 Å². The van der Waals surface area contributed by atoms with E-state index >= 15 is 0 Å². The number of nitrogens with two attached hydrogens (primary N) is 1. The molecule has 0 unspecified atom stereocenters. The van der Waals surface area contributed by atoms with Crippen molar-refractivity contribution in [1.82, 2.24) is 5.10 Å². The van der Waals surface area contributed by atoms with E-state index in [1.54, 1.807) is 4.68 Å². The number of nitrogens with zero attached hydrogens (tertiary/aromatic N) is 2. The number of anilines is 1. The Labute approximate surface area is 176 Å². The van der Waals surface area contributed by atoms with Gasteiger partial charge in [-0.3, -0.25) is 0 Å². The van der Waals surface area contributed by atoms with Gasteiger partial charge in [0.2, 0.25) is 0 Å². The maximum Gasteiger partial charge on any atom is 0.366 e. The molecule has 0 radical (unpaired) electrons. The molecule has 30 heavy (non-hydrogen) atoms. The Morgan fingerprint density at radius 1 is 1.20 bits per heavy atom. The van der Waals surface area contributed by atoms with Crippen molar-refractivity contribution in [3.63, 3.8) is 0 Å². The zero-order chi connectivity index (χ0) is 20.3. The van der Waals surface area contributed by atoms with Crippen LogP contribution in [-0.4, -0.2) is 24.1 Å². The number of hydrogen-bond donors (Lipinski definition) is 1. The van der Waals surface area contributed by atoms with Gasteiger partial charge in [0.05, 0.1) is 18.3 Å². The molecule has 2 saturated carbocycles. The van der Waals surface area contributed by atoms with Gasteiger partial charge in [-0.1, -0.05) is 13.0 Å². The molecule has 1 saturated heterocycles. The van der Waals surface area contributed by atoms with Gasteiger partial charge in [0.1, 0.15) is 5.75 Å². The highest BCUT2D eigenvalue weighted by molar-refractivity contribution is 5.40. The summed E-state index contributed by atoms with van der Waals surface area (Å²) in [6.07, 6.45) is 8.50. The minimum Gasteiger partial charge on any atom is -0.434 e. The summed E-state index contributed by atoms with van der Waals surface area (Å²) >= 11 is 0. The second kappa shape index (κ2) is 6.69. The summed E-state index contributed by atoms with van der Waals surface area (Å²) in [5.41, 5.74) is 8.62. The average Bonchev–Trinajstić information content (AvgIpc) is 3.47. The highest BCUT2D eigenvalue weighted by atomic mass is 16.7. The molecule has 7 heteroatoms. The standard InChI is InChI=1S/C23H30N3O4/c1-22-8-6-18-17-5-3-16(27-13-26-14-28-21(24)25-26)12-15(17)2-4-19(18)20(22)7-9-23(22)29-10-11-30-23/h3,5,12,14,18-20H,2,4,6-11,13H2,1H3,(H2,24,25)/q+1/t18-,19-,20+,22+/m1/s1. The first-order valence-corrected chi connectivity index (χ1v) is 11.2. The predicted molar refractivity (Wildman–Crippen MR) is 107 cm³/mol. The normalized spacial score (nSPS) is 33.8. The van der Waals surface area contributed by atoms with Crippen LogP contribution < -0.4 is 15.2 Å². The molecule has 4 atom stereocenters. The minimum atomic E-state index is -0.317. The van der Waals surface area contributed by atoms with E-state index in [9.17, 15) is 0 Å². The highest BCUT2D eigenvalue weighted by Crippen LogP contribution is 2.66. The molecular weight excluding hydrogens is 382 g/mol. The Hall–Kier alpha value is -2.12. The van der Waals surface area contributed by atoms with Crippen LogP contribution in [0.1, 0.15) is 56.1 Å². The summed E-state index contributed by atoms with van der Waals surface area (Å²) in [5.74, 6) is 2.61. The van der Waals surface area contributed by atoms with Crippen LogP contribution in [0.4, 0.5) is 6.01 Å². The van der Waals surface area contributed by atoms with Gasteiger partial charge >= 0.3 is 19.1 Å². The zero-order valence-electron chi connectivity index (χ0n) is 17.5. The van der Waals surface area contributed by atoms with Crippen LogP contribution in [-0.2, 0) is 22.6 Å². The molecule has 1 aliphatic heterocycles. The van der Waals surface area contributed by atoms with Gasteiger partial charge in [-0.05, 0) is 77.8 Å². The Kier molecular flexibility index (Phi) is 4.15. The lowest BCUT2D eigenvalue weighted by atomic mass is 9.55. The van der Waals surface area contributed by atoms with Crippen LogP contribution in [0.25, 0.3) is 0 Å². The molecule has 7 nitrogen and oxygen atoms in total. The molecule has 3 aliphatic carbocycles. The Morgan fingerprint density at radius 2 is 2.07 bits per heavy atom. The first kappa shape index (κ1) is 18.6. The maximum atomic E-state index is 6.24. The fraction of sp³-hybridized carbons (Fsp3) is 0.652. The molecule has 4 aliphatic rings. The molecule has 2 N–H and O–H groups in total. The Morgan fingerprint density at radius 3 is 2.87 bits per heavy atom. The number of rotatable bonds is 3. The van der Waals surface area contributed by atoms with Gasteiger partial charge in [0.25, 0.3) is 0 Å². The van der Waals surface area contributed by atoms with E-state index in [1.165, 1.54) is 43.2 Å². The van der Waals surface area contributed by atoms with Crippen molar-refractivity contribution in [2.45, 2.75) is 63.9 Å². The quantitative estimate of drug-likeness (QED) is 0.780. The van der Waals surface area contributed by atoms with E-state index in [1.807, 2.05) is 0 Å². The number of ether oxygens (including phenoxy) is 3. The van der Waals surface area contributed by atoms with Gasteiger partial charge in [0.15, 0.2) is 5.79 Å². The molecule has 1 spiro atoms. The second-order valence-corrected chi connectivity index (χ2v) is 9.60. The summed E-state index contributed by atoms with van der Waals surface area (Å²) in [4.78, 5) is 0. The van der Waals surface area contributed by atoms with Crippen LogP contribution in [0.3, 0.4) is 0 Å². The van der Waals surface area contributed by atoms with Crippen molar-refractivity contribution in [3.05, 3.63) is 35.7 Å². The first-order valence-electron chi connectivity index (χ1n) is 11.2. The summed E-state index contributed by atoms with van der Waals surface area (Å²) in [6, 6.07) is 6.74. The van der Waals surface area contributed by atoms with Crippen molar-refractivity contribution >= 4 is 6.01 Å². The van der Waals surface area contributed by atoms with Gasteiger partial charge in [-0.2, -0.15) is 0 Å². The molecule has 0 bridgehead atoms. The predicted octanol–water partition coefficient (Wildman–Crippen LogP) is 3.18. The number of nitrogen functional groups attached to an aromatic ring is 1. The molecule has 1 aromatic heterocycles. The number of hydrogen-bond acceptors (Lipinski definition) is 6. The van der Waals surface area contributed by atoms with Crippen LogP contribution >= 0.6 is 0 Å². The molecule has 160 valence electrons. The third-order valence-corrected chi connectivity index (χ3v) is 8.38. The van der Waals surface area contributed by atoms with Crippen molar-refractivity contribution < 1.29 is 23.3 Å². The van der Waals surface area contributed by atoms with Crippen LogP contribution in [0, 0.1) is 17.3 Å². The molecule has 0 amide bonds. The number of aryl methyl sites for hydroxylation is 1. The fourth-order valence-corrected chi connectivity index (χ4v) is 7.02. The zero-order valence-corrected chi connectivity index (χ0v) is 17.5. The summed E-state index contributed by atoms with van der Waals surface area (Å²) in [6.45, 7) is 4.23. The van der Waals surface area contributed by atoms with Crippen molar-refractivity contribution in [1.29, 1.82) is 0 Å². The molecule has 1 aromatic carbocycles. The highest BCUT2D eigenvalue weighted by Gasteiger charge is 2.64. The summed E-state index contributed by atoms with van der Waals surface area (Å²) in [7, 11) is 0. The van der Waals surface area contributed by atoms with Gasteiger partial charge in [0, 0.05) is 11.8 Å². The van der Waals surface area contributed by atoms with E-state index in [0.717, 1.165) is 37.7 Å². The van der Waals surface area contributed by atoms with Crippen molar-refractivity contribution in [3.8, 4) is 5.75 Å². The third kappa shape index (κ3) is 2.64. The maximum absolute atomic E-state index is 6.24. The minimum absolute atomic E-state index is 0.140. The largest absolute Gasteiger partial charge is 0.434 e. The smallest absolute Gasteiger partial charge is 0.366 e.